The molecule has 0 aromatic heterocycles. The van der Waals surface area contributed by atoms with Gasteiger partial charge in [-0.1, -0.05) is 44.2 Å². The Labute approximate surface area is 135 Å². The summed E-state index contributed by atoms with van der Waals surface area (Å²) in [4.78, 5) is 37.5. The van der Waals surface area contributed by atoms with Crippen molar-refractivity contribution in [2.24, 2.45) is 5.92 Å². The summed E-state index contributed by atoms with van der Waals surface area (Å²) >= 11 is 0. The Hall–Kier alpha value is -2.21. The van der Waals surface area contributed by atoms with E-state index in [1.165, 1.54) is 0 Å². The van der Waals surface area contributed by atoms with Gasteiger partial charge in [0.2, 0.25) is 0 Å². The third-order valence-corrected chi connectivity index (χ3v) is 4.01. The zero-order chi connectivity index (χ0) is 17.0. The quantitative estimate of drug-likeness (QED) is 0.738. The van der Waals surface area contributed by atoms with Crippen molar-refractivity contribution < 1.29 is 19.5 Å². The van der Waals surface area contributed by atoms with Gasteiger partial charge in [-0.05, 0) is 24.3 Å². The van der Waals surface area contributed by atoms with E-state index in [4.69, 9.17) is 5.11 Å². The molecule has 2 atom stereocenters. The molecule has 0 aliphatic carbocycles. The van der Waals surface area contributed by atoms with Crippen molar-refractivity contribution in [3.05, 3.63) is 35.9 Å². The molecular formula is C17H22N2O4. The number of rotatable bonds is 7. The smallest absolute Gasteiger partial charge is 0.325 e. The standard InChI is InChI=1S/C17H22N2O4/c1-11(2)15(14(21)10-20)19-16(22)13(18-17(19)23)9-8-12-6-4-3-5-7-12/h3-7,11,13,15,20H,8-10H2,1-2H3,(H,18,23)/t13-,15-/m0/s1. The van der Waals surface area contributed by atoms with E-state index in [0.717, 1.165) is 10.5 Å². The van der Waals surface area contributed by atoms with Crippen LogP contribution in [0.4, 0.5) is 4.79 Å². The van der Waals surface area contributed by atoms with Crippen LogP contribution in [0.3, 0.4) is 0 Å². The van der Waals surface area contributed by atoms with Gasteiger partial charge in [0, 0.05) is 0 Å². The van der Waals surface area contributed by atoms with Crippen LogP contribution in [-0.4, -0.2) is 46.4 Å². The maximum Gasteiger partial charge on any atom is 0.325 e. The molecule has 1 aliphatic heterocycles. The molecule has 23 heavy (non-hydrogen) atoms. The van der Waals surface area contributed by atoms with Gasteiger partial charge in [-0.15, -0.1) is 0 Å². The second-order valence-corrected chi connectivity index (χ2v) is 6.05. The summed E-state index contributed by atoms with van der Waals surface area (Å²) in [6, 6.07) is 7.58. The number of aliphatic hydroxyl groups excluding tert-OH is 1. The van der Waals surface area contributed by atoms with Crippen molar-refractivity contribution in [3.8, 4) is 0 Å². The molecule has 1 fully saturated rings. The number of aryl methyl sites for hydroxylation is 1. The number of hydrogen-bond acceptors (Lipinski definition) is 4. The van der Waals surface area contributed by atoms with Crippen molar-refractivity contribution in [1.82, 2.24) is 10.2 Å². The predicted octanol–water partition coefficient (Wildman–Crippen LogP) is 1.13. The number of urea groups is 1. The molecule has 124 valence electrons. The molecule has 1 aromatic carbocycles. The maximum absolute atomic E-state index is 12.5. The minimum Gasteiger partial charge on any atom is -0.388 e. The van der Waals surface area contributed by atoms with Gasteiger partial charge < -0.3 is 10.4 Å². The Balaban J connectivity index is 2.08. The molecule has 1 aliphatic rings. The lowest BCUT2D eigenvalue weighted by atomic mass is 9.98. The SMILES string of the molecule is CC(C)[C@@H](C(=O)CO)N1C(=O)N[C@@H](CCc2ccccc2)C1=O. The number of imide groups is 1. The average molecular weight is 318 g/mol. The van der Waals surface area contributed by atoms with Crippen LogP contribution in [-0.2, 0) is 16.0 Å². The molecule has 6 nitrogen and oxygen atoms in total. The largest absolute Gasteiger partial charge is 0.388 e. The highest BCUT2D eigenvalue weighted by molar-refractivity contribution is 6.07. The van der Waals surface area contributed by atoms with E-state index >= 15 is 0 Å². The van der Waals surface area contributed by atoms with Crippen LogP contribution in [0, 0.1) is 5.92 Å². The molecule has 1 aromatic rings. The molecule has 0 radical (unpaired) electrons. The summed E-state index contributed by atoms with van der Waals surface area (Å²) in [6.45, 7) is 2.81. The molecule has 0 bridgehead atoms. The van der Waals surface area contributed by atoms with E-state index in [2.05, 4.69) is 5.32 Å². The first-order valence-corrected chi connectivity index (χ1v) is 7.76. The molecule has 0 spiro atoms. The van der Waals surface area contributed by atoms with Gasteiger partial charge in [0.15, 0.2) is 5.78 Å². The van der Waals surface area contributed by atoms with Gasteiger partial charge in [-0.25, -0.2) is 4.79 Å². The van der Waals surface area contributed by atoms with Crippen LogP contribution in [0.1, 0.15) is 25.8 Å². The topological polar surface area (TPSA) is 86.7 Å². The minimum absolute atomic E-state index is 0.253. The van der Waals surface area contributed by atoms with E-state index in [1.807, 2.05) is 30.3 Å². The highest BCUT2D eigenvalue weighted by atomic mass is 16.3. The first-order chi connectivity index (χ1) is 11.0. The van der Waals surface area contributed by atoms with Gasteiger partial charge in [0.1, 0.15) is 18.7 Å². The molecule has 2 rings (SSSR count). The minimum atomic E-state index is -0.922. The Morgan fingerprint density at radius 2 is 1.91 bits per heavy atom. The van der Waals surface area contributed by atoms with E-state index in [-0.39, 0.29) is 5.92 Å². The lowest BCUT2D eigenvalue weighted by Gasteiger charge is -2.26. The van der Waals surface area contributed by atoms with E-state index in [0.29, 0.717) is 12.8 Å². The number of carbonyl (C=O) groups excluding carboxylic acids is 3. The maximum atomic E-state index is 12.5. The first-order valence-electron chi connectivity index (χ1n) is 7.76. The lowest BCUT2D eigenvalue weighted by Crippen LogP contribution is -2.49. The number of benzene rings is 1. The highest BCUT2D eigenvalue weighted by Crippen LogP contribution is 2.20. The van der Waals surface area contributed by atoms with Crippen molar-refractivity contribution in [2.75, 3.05) is 6.61 Å². The second-order valence-electron chi connectivity index (χ2n) is 6.05. The fraction of sp³-hybridized carbons (Fsp3) is 0.471. The number of carbonyl (C=O) groups is 3. The third-order valence-electron chi connectivity index (χ3n) is 4.01. The first kappa shape index (κ1) is 17.1. The Morgan fingerprint density at radius 3 is 2.48 bits per heavy atom. The molecule has 2 N–H and O–H groups in total. The second kappa shape index (κ2) is 7.37. The number of Topliss-reactive ketones (excluding diaryl/α,β-unsaturated/α-hetero) is 1. The average Bonchev–Trinajstić information content (AvgIpc) is 2.81. The zero-order valence-electron chi connectivity index (χ0n) is 13.4. The highest BCUT2D eigenvalue weighted by Gasteiger charge is 2.44. The van der Waals surface area contributed by atoms with Crippen molar-refractivity contribution in [2.45, 2.75) is 38.8 Å². The van der Waals surface area contributed by atoms with Crippen molar-refractivity contribution in [1.29, 1.82) is 0 Å². The number of hydrogen-bond donors (Lipinski definition) is 2. The fourth-order valence-corrected chi connectivity index (χ4v) is 2.87. The predicted molar refractivity (Wildman–Crippen MR) is 84.6 cm³/mol. The van der Waals surface area contributed by atoms with Crippen LogP contribution < -0.4 is 5.32 Å². The van der Waals surface area contributed by atoms with Crippen LogP contribution in [0.5, 0.6) is 0 Å². The van der Waals surface area contributed by atoms with Gasteiger partial charge >= 0.3 is 6.03 Å². The monoisotopic (exact) mass is 318 g/mol. The molecule has 0 unspecified atom stereocenters. The summed E-state index contributed by atoms with van der Waals surface area (Å²) in [7, 11) is 0. The Kier molecular flexibility index (Phi) is 5.50. The van der Waals surface area contributed by atoms with Gasteiger partial charge in [0.05, 0.1) is 0 Å². The van der Waals surface area contributed by atoms with Gasteiger partial charge in [-0.3, -0.25) is 14.5 Å². The van der Waals surface area contributed by atoms with Gasteiger partial charge in [0.25, 0.3) is 5.91 Å². The molecule has 3 amide bonds. The molecule has 6 heteroatoms. The Morgan fingerprint density at radius 1 is 1.26 bits per heavy atom. The van der Waals surface area contributed by atoms with Crippen molar-refractivity contribution >= 4 is 17.7 Å². The zero-order valence-corrected chi connectivity index (χ0v) is 13.4. The summed E-state index contributed by atoms with van der Waals surface area (Å²) in [5.41, 5.74) is 1.08. The fourth-order valence-electron chi connectivity index (χ4n) is 2.87. The molecule has 0 saturated carbocycles. The molecule has 1 saturated heterocycles. The number of nitrogens with zero attached hydrogens (tertiary/aromatic N) is 1. The van der Waals surface area contributed by atoms with Crippen LogP contribution in [0.2, 0.25) is 0 Å². The van der Waals surface area contributed by atoms with E-state index in [9.17, 15) is 14.4 Å². The molecular weight excluding hydrogens is 296 g/mol. The lowest BCUT2D eigenvalue weighted by molar-refractivity contribution is -0.137. The number of ketones is 1. The molecule has 1 heterocycles. The van der Waals surface area contributed by atoms with Crippen LogP contribution in [0.25, 0.3) is 0 Å². The summed E-state index contributed by atoms with van der Waals surface area (Å²) in [6.07, 6.45) is 1.13. The summed E-state index contributed by atoms with van der Waals surface area (Å²) < 4.78 is 0. The Bertz CT molecular complexity index is 586. The van der Waals surface area contributed by atoms with E-state index < -0.39 is 36.4 Å². The van der Waals surface area contributed by atoms with Crippen molar-refractivity contribution in [3.63, 3.8) is 0 Å². The number of nitrogens with one attached hydrogen (secondary N) is 1. The van der Waals surface area contributed by atoms with Crippen LogP contribution in [0.15, 0.2) is 30.3 Å². The number of aliphatic hydroxyl groups is 1. The summed E-state index contributed by atoms with van der Waals surface area (Å²) in [5, 5.41) is 11.7. The van der Waals surface area contributed by atoms with Gasteiger partial charge in [-0.2, -0.15) is 0 Å². The number of amides is 3. The van der Waals surface area contributed by atoms with Crippen LogP contribution >= 0.6 is 0 Å². The third kappa shape index (κ3) is 3.76. The van der Waals surface area contributed by atoms with E-state index in [1.54, 1.807) is 13.8 Å². The summed E-state index contributed by atoms with van der Waals surface area (Å²) in [5.74, 6) is -1.17. The normalized spacial score (nSPS) is 19.1.